The Kier molecular flexibility index (Phi) is 6.50. The zero-order chi connectivity index (χ0) is 15.9. The first kappa shape index (κ1) is 17.1. The van der Waals surface area contributed by atoms with Gasteiger partial charge in [-0.1, -0.05) is 18.7 Å². The number of rotatable bonds is 7. The molecule has 2 rings (SSSR count). The van der Waals surface area contributed by atoms with Gasteiger partial charge in [0.05, 0.1) is 19.0 Å². The molecule has 0 saturated carbocycles. The first-order valence-corrected chi connectivity index (χ1v) is 8.82. The standard InChI is InChI=1S/C14H25N5O2S/c1-4-11(3)15-12(20)10-22-14-17-16-13(19(14)5-2)18-6-8-21-9-7-18/h11H,4-10H2,1-3H3,(H,15,20)/t11-/m1/s1. The number of nitrogens with zero attached hydrogens (tertiary/aromatic N) is 4. The minimum Gasteiger partial charge on any atom is -0.378 e. The molecule has 124 valence electrons. The van der Waals surface area contributed by atoms with Gasteiger partial charge in [-0.05, 0) is 20.3 Å². The number of nitrogens with one attached hydrogen (secondary N) is 1. The summed E-state index contributed by atoms with van der Waals surface area (Å²) in [7, 11) is 0. The molecule has 0 bridgehead atoms. The van der Waals surface area contributed by atoms with Crippen molar-refractivity contribution in [3.8, 4) is 0 Å². The molecule has 8 heteroatoms. The van der Waals surface area contributed by atoms with E-state index in [1.807, 2.05) is 6.92 Å². The number of amides is 1. The van der Waals surface area contributed by atoms with Crippen molar-refractivity contribution in [3.63, 3.8) is 0 Å². The second-order valence-electron chi connectivity index (χ2n) is 5.29. The Balaban J connectivity index is 1.96. The predicted molar refractivity (Wildman–Crippen MR) is 87.3 cm³/mol. The van der Waals surface area contributed by atoms with Gasteiger partial charge < -0.3 is 15.0 Å². The van der Waals surface area contributed by atoms with Gasteiger partial charge in [0.2, 0.25) is 11.9 Å². The smallest absolute Gasteiger partial charge is 0.230 e. The fourth-order valence-electron chi connectivity index (χ4n) is 2.21. The average molecular weight is 327 g/mol. The molecule has 1 fully saturated rings. The van der Waals surface area contributed by atoms with E-state index < -0.39 is 0 Å². The number of hydrogen-bond donors (Lipinski definition) is 1. The summed E-state index contributed by atoms with van der Waals surface area (Å²) >= 11 is 1.44. The normalized spacial score (nSPS) is 16.6. The highest BCUT2D eigenvalue weighted by atomic mass is 32.2. The lowest BCUT2D eigenvalue weighted by Crippen LogP contribution is -2.38. The number of morpholine rings is 1. The topological polar surface area (TPSA) is 72.3 Å². The van der Waals surface area contributed by atoms with Crippen LogP contribution in [0.3, 0.4) is 0 Å². The Morgan fingerprint density at radius 2 is 2.09 bits per heavy atom. The molecular formula is C14H25N5O2S. The first-order chi connectivity index (χ1) is 10.7. The largest absolute Gasteiger partial charge is 0.378 e. The Labute approximate surface area is 135 Å². The molecule has 0 aromatic carbocycles. The van der Waals surface area contributed by atoms with E-state index in [0.29, 0.717) is 5.75 Å². The fourth-order valence-corrected chi connectivity index (χ4v) is 3.02. The van der Waals surface area contributed by atoms with E-state index in [-0.39, 0.29) is 11.9 Å². The van der Waals surface area contributed by atoms with Crippen molar-refractivity contribution in [2.75, 3.05) is 37.0 Å². The zero-order valence-electron chi connectivity index (χ0n) is 13.5. The summed E-state index contributed by atoms with van der Waals surface area (Å²) in [5.74, 6) is 1.28. The summed E-state index contributed by atoms with van der Waals surface area (Å²) < 4.78 is 7.43. The van der Waals surface area contributed by atoms with Crippen LogP contribution in [0.15, 0.2) is 5.16 Å². The van der Waals surface area contributed by atoms with Crippen LogP contribution in [-0.4, -0.2) is 58.8 Å². The molecule has 1 saturated heterocycles. The third kappa shape index (κ3) is 4.36. The number of ether oxygens (including phenoxy) is 1. The van der Waals surface area contributed by atoms with E-state index in [4.69, 9.17) is 4.74 Å². The van der Waals surface area contributed by atoms with Crippen LogP contribution in [-0.2, 0) is 16.1 Å². The quantitative estimate of drug-likeness (QED) is 0.757. The highest BCUT2D eigenvalue weighted by Gasteiger charge is 2.20. The number of carbonyl (C=O) groups is 1. The summed E-state index contributed by atoms with van der Waals surface area (Å²) in [6.45, 7) is 10.0. The molecule has 1 amide bonds. The molecule has 7 nitrogen and oxygen atoms in total. The summed E-state index contributed by atoms with van der Waals surface area (Å²) in [4.78, 5) is 14.1. The summed E-state index contributed by atoms with van der Waals surface area (Å²) in [5.41, 5.74) is 0. The zero-order valence-corrected chi connectivity index (χ0v) is 14.4. The predicted octanol–water partition coefficient (Wildman–Crippen LogP) is 1.14. The number of thioether (sulfide) groups is 1. The number of aromatic nitrogens is 3. The number of anilines is 1. The third-order valence-corrected chi connectivity index (χ3v) is 4.63. The molecule has 1 aromatic rings. The van der Waals surface area contributed by atoms with Gasteiger partial charge in [-0.2, -0.15) is 0 Å². The summed E-state index contributed by atoms with van der Waals surface area (Å²) in [6, 6.07) is 0.209. The monoisotopic (exact) mass is 327 g/mol. The SMILES string of the molecule is CC[C@@H](C)NC(=O)CSc1nnc(N2CCOCC2)n1CC. The van der Waals surface area contributed by atoms with E-state index in [1.54, 1.807) is 0 Å². The van der Waals surface area contributed by atoms with E-state index in [9.17, 15) is 4.79 Å². The van der Waals surface area contributed by atoms with Crippen LogP contribution in [0.25, 0.3) is 0 Å². The van der Waals surface area contributed by atoms with Crippen molar-refractivity contribution in [1.82, 2.24) is 20.1 Å². The molecule has 0 radical (unpaired) electrons. The van der Waals surface area contributed by atoms with Crippen LogP contribution in [0.5, 0.6) is 0 Å². The van der Waals surface area contributed by atoms with Crippen LogP contribution in [0, 0.1) is 0 Å². The Morgan fingerprint density at radius 3 is 2.73 bits per heavy atom. The lowest BCUT2D eigenvalue weighted by molar-refractivity contribution is -0.119. The lowest BCUT2D eigenvalue weighted by Gasteiger charge is -2.27. The summed E-state index contributed by atoms with van der Waals surface area (Å²) in [5, 5.41) is 12.3. The first-order valence-electron chi connectivity index (χ1n) is 7.83. The fraction of sp³-hybridized carbons (Fsp3) is 0.786. The summed E-state index contributed by atoms with van der Waals surface area (Å²) in [6.07, 6.45) is 0.933. The van der Waals surface area contributed by atoms with Gasteiger partial charge in [-0.15, -0.1) is 10.2 Å². The maximum Gasteiger partial charge on any atom is 0.230 e. The van der Waals surface area contributed by atoms with Gasteiger partial charge in [0, 0.05) is 25.7 Å². The van der Waals surface area contributed by atoms with Gasteiger partial charge in [-0.25, -0.2) is 0 Å². The molecule has 1 aliphatic heterocycles. The number of carbonyl (C=O) groups excluding carboxylic acids is 1. The lowest BCUT2D eigenvalue weighted by atomic mass is 10.3. The molecule has 0 unspecified atom stereocenters. The molecule has 1 atom stereocenters. The molecule has 22 heavy (non-hydrogen) atoms. The number of hydrogen-bond acceptors (Lipinski definition) is 6. The van der Waals surface area contributed by atoms with Crippen molar-refractivity contribution in [3.05, 3.63) is 0 Å². The second-order valence-corrected chi connectivity index (χ2v) is 6.23. The minimum atomic E-state index is 0.0397. The molecule has 1 aliphatic rings. The van der Waals surface area contributed by atoms with Crippen LogP contribution < -0.4 is 10.2 Å². The van der Waals surface area contributed by atoms with Gasteiger partial charge >= 0.3 is 0 Å². The van der Waals surface area contributed by atoms with E-state index in [2.05, 4.69) is 38.8 Å². The van der Waals surface area contributed by atoms with Crippen molar-refractivity contribution in [1.29, 1.82) is 0 Å². The van der Waals surface area contributed by atoms with Gasteiger partial charge in [-0.3, -0.25) is 9.36 Å². The maximum absolute atomic E-state index is 11.9. The Hall–Kier alpha value is -1.28. The molecular weight excluding hydrogens is 302 g/mol. The molecule has 0 spiro atoms. The average Bonchev–Trinajstić information content (AvgIpc) is 2.96. The van der Waals surface area contributed by atoms with E-state index >= 15 is 0 Å². The highest BCUT2D eigenvalue weighted by molar-refractivity contribution is 7.99. The molecule has 1 aromatic heterocycles. The van der Waals surface area contributed by atoms with Crippen LogP contribution in [0.4, 0.5) is 5.95 Å². The van der Waals surface area contributed by atoms with Crippen molar-refractivity contribution in [2.45, 2.75) is 44.9 Å². The highest BCUT2D eigenvalue weighted by Crippen LogP contribution is 2.22. The Morgan fingerprint density at radius 1 is 1.36 bits per heavy atom. The van der Waals surface area contributed by atoms with Gasteiger partial charge in [0.25, 0.3) is 0 Å². The van der Waals surface area contributed by atoms with Crippen LogP contribution >= 0.6 is 11.8 Å². The third-order valence-electron chi connectivity index (χ3n) is 3.66. The van der Waals surface area contributed by atoms with Gasteiger partial charge in [0.15, 0.2) is 5.16 Å². The van der Waals surface area contributed by atoms with E-state index in [0.717, 1.165) is 50.4 Å². The van der Waals surface area contributed by atoms with Crippen LogP contribution in [0.2, 0.25) is 0 Å². The maximum atomic E-state index is 11.9. The molecule has 1 N–H and O–H groups in total. The minimum absolute atomic E-state index is 0.0397. The van der Waals surface area contributed by atoms with E-state index in [1.165, 1.54) is 11.8 Å². The van der Waals surface area contributed by atoms with Crippen LogP contribution in [0.1, 0.15) is 27.2 Å². The molecule has 2 heterocycles. The second kappa shape index (κ2) is 8.38. The van der Waals surface area contributed by atoms with Crippen molar-refractivity contribution < 1.29 is 9.53 Å². The molecule has 0 aliphatic carbocycles. The Bertz CT molecular complexity index is 488. The van der Waals surface area contributed by atoms with Crippen molar-refractivity contribution in [2.24, 2.45) is 0 Å². The van der Waals surface area contributed by atoms with Crippen molar-refractivity contribution >= 4 is 23.6 Å². The van der Waals surface area contributed by atoms with Gasteiger partial charge in [0.1, 0.15) is 0 Å².